The van der Waals surface area contributed by atoms with Crippen LogP contribution in [0.25, 0.3) is 0 Å². The van der Waals surface area contributed by atoms with Crippen molar-refractivity contribution in [1.82, 2.24) is 14.8 Å². The molecule has 5 nitrogen and oxygen atoms in total. The van der Waals surface area contributed by atoms with E-state index < -0.39 is 0 Å². The van der Waals surface area contributed by atoms with Gasteiger partial charge in [0.1, 0.15) is 12.7 Å². The molecule has 14 heavy (non-hydrogen) atoms. The van der Waals surface area contributed by atoms with Gasteiger partial charge in [0.15, 0.2) is 0 Å². The number of aromatic nitrogens is 3. The molecular formula is C9H9N4O+. The van der Waals surface area contributed by atoms with E-state index in [4.69, 9.17) is 0 Å². The van der Waals surface area contributed by atoms with E-state index in [2.05, 4.69) is 10.1 Å². The topological polar surface area (TPSA) is 61.8 Å². The van der Waals surface area contributed by atoms with Crippen molar-refractivity contribution in [3.05, 3.63) is 47.4 Å². The van der Waals surface area contributed by atoms with E-state index in [0.717, 1.165) is 5.56 Å². The number of benzene rings is 1. The Morgan fingerprint density at radius 2 is 2.36 bits per heavy atom. The smallest absolute Gasteiger partial charge is 0.249 e. The van der Waals surface area contributed by atoms with Gasteiger partial charge in [-0.25, -0.2) is 9.67 Å². The zero-order valence-electron chi connectivity index (χ0n) is 7.42. The molecule has 1 N–H and O–H groups in total. The highest BCUT2D eigenvalue weighted by Gasteiger charge is 2.00. The van der Waals surface area contributed by atoms with Crippen molar-refractivity contribution < 1.29 is 5.18 Å². The summed E-state index contributed by atoms with van der Waals surface area (Å²) in [5.74, 6) is 0. The molecule has 0 unspecified atom stereocenters. The number of nitrogens with one attached hydrogen (secondary N) is 1. The molecule has 0 saturated carbocycles. The number of nitrogens with zero attached hydrogens (tertiary/aromatic N) is 3. The highest BCUT2D eigenvalue weighted by Crippen LogP contribution is 2.06. The first kappa shape index (κ1) is 8.55. The average Bonchev–Trinajstić information content (AvgIpc) is 2.71. The Morgan fingerprint density at radius 1 is 1.43 bits per heavy atom. The summed E-state index contributed by atoms with van der Waals surface area (Å²) in [5, 5.41) is 5.83. The van der Waals surface area contributed by atoms with Gasteiger partial charge in [-0.2, -0.15) is 5.10 Å². The average molecular weight is 189 g/mol. The molecule has 0 aliphatic rings. The van der Waals surface area contributed by atoms with Crippen LogP contribution in [-0.2, 0) is 6.54 Å². The highest BCUT2D eigenvalue weighted by atomic mass is 16.3. The fraction of sp³-hybridized carbons (Fsp3) is 0.111. The molecular weight excluding hydrogens is 180 g/mol. The van der Waals surface area contributed by atoms with Crippen LogP contribution in [0.1, 0.15) is 5.56 Å². The monoisotopic (exact) mass is 189 g/mol. The summed E-state index contributed by atoms with van der Waals surface area (Å²) in [7, 11) is 0. The summed E-state index contributed by atoms with van der Waals surface area (Å²) in [4.78, 5) is 14.2. The molecule has 5 heteroatoms. The van der Waals surface area contributed by atoms with Gasteiger partial charge in [0, 0.05) is 22.2 Å². The van der Waals surface area contributed by atoms with Crippen LogP contribution in [0.15, 0.2) is 36.9 Å². The molecule has 0 saturated heterocycles. The van der Waals surface area contributed by atoms with Gasteiger partial charge in [0.25, 0.3) is 5.69 Å². The largest absolute Gasteiger partial charge is 0.253 e. The Hall–Kier alpha value is -2.04. The second-order valence-corrected chi connectivity index (χ2v) is 2.90. The maximum absolute atomic E-state index is 10.4. The summed E-state index contributed by atoms with van der Waals surface area (Å²) >= 11 is 0. The zero-order chi connectivity index (χ0) is 9.80. The zero-order valence-corrected chi connectivity index (χ0v) is 7.42. The van der Waals surface area contributed by atoms with E-state index in [9.17, 15) is 4.91 Å². The molecule has 70 valence electrons. The van der Waals surface area contributed by atoms with Crippen LogP contribution in [0.3, 0.4) is 0 Å². The minimum atomic E-state index is 0.558. The van der Waals surface area contributed by atoms with Crippen molar-refractivity contribution in [1.29, 1.82) is 0 Å². The van der Waals surface area contributed by atoms with Gasteiger partial charge in [0.05, 0.1) is 6.54 Å². The van der Waals surface area contributed by atoms with E-state index in [1.54, 1.807) is 23.1 Å². The Labute approximate surface area is 80.4 Å². The Morgan fingerprint density at radius 3 is 3.07 bits per heavy atom. The summed E-state index contributed by atoms with van der Waals surface area (Å²) in [6.45, 7) is 0.621. The van der Waals surface area contributed by atoms with Crippen molar-refractivity contribution in [2.24, 2.45) is 0 Å². The second kappa shape index (κ2) is 3.78. The standard InChI is InChI=1S/C9H8N4O/c14-12-9-3-1-2-8(4-9)5-13-7-10-6-11-13/h1-4,6-7H,5H2/p+1. The first-order valence-electron chi connectivity index (χ1n) is 4.18. The molecule has 1 aromatic carbocycles. The van der Waals surface area contributed by atoms with Crippen LogP contribution < -0.4 is 5.18 Å². The third-order valence-electron chi connectivity index (χ3n) is 1.86. The third-order valence-corrected chi connectivity index (χ3v) is 1.86. The van der Waals surface area contributed by atoms with Gasteiger partial charge >= 0.3 is 0 Å². The molecule has 2 rings (SSSR count). The second-order valence-electron chi connectivity index (χ2n) is 2.90. The van der Waals surface area contributed by atoms with Gasteiger partial charge < -0.3 is 0 Å². The molecule has 0 spiro atoms. The van der Waals surface area contributed by atoms with Crippen LogP contribution in [0, 0.1) is 4.91 Å². The normalized spacial score (nSPS) is 10.0. The van der Waals surface area contributed by atoms with Gasteiger partial charge in [-0.1, -0.05) is 12.1 Å². The van der Waals surface area contributed by atoms with Crippen LogP contribution in [-0.4, -0.2) is 14.8 Å². The molecule has 2 aromatic rings. The molecule has 1 heterocycles. The quantitative estimate of drug-likeness (QED) is 0.727. The molecule has 0 aliphatic carbocycles. The predicted molar refractivity (Wildman–Crippen MR) is 49.6 cm³/mol. The van der Waals surface area contributed by atoms with Crippen LogP contribution >= 0.6 is 0 Å². The molecule has 0 aliphatic heterocycles. The summed E-state index contributed by atoms with van der Waals surface area (Å²) in [5.41, 5.74) is 1.57. The van der Waals surface area contributed by atoms with Crippen molar-refractivity contribution in [2.45, 2.75) is 6.54 Å². The molecule has 0 fully saturated rings. The maximum Gasteiger partial charge on any atom is 0.253 e. The van der Waals surface area contributed by atoms with Gasteiger partial charge in [0.2, 0.25) is 0 Å². The predicted octanol–water partition coefficient (Wildman–Crippen LogP) is -0.195. The molecule has 0 amide bonds. The number of nitroso groups, excluding NO2 is 1. The number of rotatable bonds is 3. The first-order chi connectivity index (χ1) is 6.88. The molecule has 0 radical (unpaired) electrons. The summed E-state index contributed by atoms with van der Waals surface area (Å²) in [6, 6.07) is 7.27. The van der Waals surface area contributed by atoms with E-state index in [1.807, 2.05) is 17.3 Å². The fourth-order valence-electron chi connectivity index (χ4n) is 1.23. The minimum absolute atomic E-state index is 0.558. The molecule has 0 bridgehead atoms. The number of hydrogen-bond acceptors (Lipinski definition) is 3. The first-order valence-corrected chi connectivity index (χ1v) is 4.18. The highest BCUT2D eigenvalue weighted by molar-refractivity contribution is 5.32. The van der Waals surface area contributed by atoms with E-state index in [0.29, 0.717) is 12.2 Å². The van der Waals surface area contributed by atoms with Crippen LogP contribution in [0.5, 0.6) is 0 Å². The van der Waals surface area contributed by atoms with Crippen molar-refractivity contribution in [3.8, 4) is 0 Å². The fourth-order valence-corrected chi connectivity index (χ4v) is 1.23. The maximum atomic E-state index is 10.4. The van der Waals surface area contributed by atoms with Crippen molar-refractivity contribution in [3.63, 3.8) is 0 Å². The van der Waals surface area contributed by atoms with Crippen molar-refractivity contribution in [2.75, 3.05) is 0 Å². The Bertz CT molecular complexity index is 424. The van der Waals surface area contributed by atoms with Crippen LogP contribution in [0.4, 0.5) is 5.69 Å². The Kier molecular flexibility index (Phi) is 2.31. The van der Waals surface area contributed by atoms with Gasteiger partial charge in [-0.3, -0.25) is 0 Å². The molecule has 1 aromatic heterocycles. The van der Waals surface area contributed by atoms with E-state index >= 15 is 0 Å². The van der Waals surface area contributed by atoms with E-state index in [1.165, 1.54) is 6.33 Å². The third kappa shape index (κ3) is 1.82. The SMILES string of the molecule is O=[NH+]c1cccc(Cn2cncn2)c1. The van der Waals surface area contributed by atoms with E-state index in [-0.39, 0.29) is 0 Å². The van der Waals surface area contributed by atoms with Gasteiger partial charge in [-0.05, 0) is 5.56 Å². The lowest BCUT2D eigenvalue weighted by Crippen LogP contribution is -2.55. The van der Waals surface area contributed by atoms with Crippen LogP contribution in [0.2, 0.25) is 0 Å². The van der Waals surface area contributed by atoms with Crippen molar-refractivity contribution >= 4 is 5.69 Å². The molecule has 0 atom stereocenters. The summed E-state index contributed by atoms with van der Waals surface area (Å²) < 4.78 is 1.70. The lowest BCUT2D eigenvalue weighted by Gasteiger charge is -1.98. The lowest BCUT2D eigenvalue weighted by molar-refractivity contribution is -0.379. The van der Waals surface area contributed by atoms with Gasteiger partial charge in [-0.15, -0.1) is 0 Å². The Balaban J connectivity index is 2.21. The lowest BCUT2D eigenvalue weighted by atomic mass is 10.2. The number of hydrogen-bond donors (Lipinski definition) is 1. The summed E-state index contributed by atoms with van der Waals surface area (Å²) in [6.07, 6.45) is 3.12. The minimum Gasteiger partial charge on any atom is -0.249 e.